The number of nitrogens with one attached hydrogen (secondary N) is 1. The van der Waals surface area contributed by atoms with E-state index in [1.165, 1.54) is 32.1 Å². The van der Waals surface area contributed by atoms with Crippen LogP contribution in [0.4, 0.5) is 0 Å². The average molecular weight is 284 g/mol. The van der Waals surface area contributed by atoms with Crippen LogP contribution in [0.3, 0.4) is 0 Å². The van der Waals surface area contributed by atoms with Crippen LogP contribution in [0, 0.1) is 0 Å². The fourth-order valence-corrected chi connectivity index (χ4v) is 2.75. The van der Waals surface area contributed by atoms with Gasteiger partial charge in [0.2, 0.25) is 5.91 Å². The summed E-state index contributed by atoms with van der Waals surface area (Å²) in [5.74, 6) is -0.876. The summed E-state index contributed by atoms with van der Waals surface area (Å²) in [7, 11) is 2.17. The highest BCUT2D eigenvalue weighted by Gasteiger charge is 2.17. The van der Waals surface area contributed by atoms with E-state index in [-0.39, 0.29) is 12.3 Å². The molecule has 0 spiro atoms. The van der Waals surface area contributed by atoms with Gasteiger partial charge in [0.15, 0.2) is 0 Å². The van der Waals surface area contributed by atoms with Gasteiger partial charge >= 0.3 is 5.97 Å². The molecule has 0 aromatic heterocycles. The van der Waals surface area contributed by atoms with Crippen LogP contribution < -0.4 is 5.32 Å². The second kappa shape index (κ2) is 9.75. The minimum Gasteiger partial charge on any atom is -0.481 e. The van der Waals surface area contributed by atoms with Crippen molar-refractivity contribution in [1.29, 1.82) is 0 Å². The number of carboxylic acid groups (broad SMARTS) is 1. The molecule has 0 heterocycles. The Bertz CT molecular complexity index is 301. The van der Waals surface area contributed by atoms with Gasteiger partial charge in [-0.05, 0) is 39.3 Å². The number of hydrogen-bond acceptors (Lipinski definition) is 3. The molecule has 1 amide bonds. The molecule has 0 bridgehead atoms. The van der Waals surface area contributed by atoms with Crippen LogP contribution in [0.15, 0.2) is 0 Å². The lowest BCUT2D eigenvalue weighted by Gasteiger charge is -2.31. The zero-order valence-electron chi connectivity index (χ0n) is 12.6. The Morgan fingerprint density at radius 3 is 2.50 bits per heavy atom. The SMILES string of the molecule is CN(CCCNC(=O)CCCC(=O)O)C1CCCCC1. The molecule has 1 rings (SSSR count). The molecule has 0 unspecified atom stereocenters. The molecule has 0 saturated heterocycles. The predicted molar refractivity (Wildman–Crippen MR) is 78.6 cm³/mol. The van der Waals surface area contributed by atoms with E-state index < -0.39 is 5.97 Å². The Morgan fingerprint density at radius 1 is 1.15 bits per heavy atom. The molecule has 0 radical (unpaired) electrons. The van der Waals surface area contributed by atoms with E-state index >= 15 is 0 Å². The Hall–Kier alpha value is -1.10. The molecule has 0 atom stereocenters. The lowest BCUT2D eigenvalue weighted by Crippen LogP contribution is -2.35. The van der Waals surface area contributed by atoms with Gasteiger partial charge in [-0.3, -0.25) is 9.59 Å². The smallest absolute Gasteiger partial charge is 0.303 e. The lowest BCUT2D eigenvalue weighted by atomic mass is 9.94. The zero-order valence-corrected chi connectivity index (χ0v) is 12.6. The van der Waals surface area contributed by atoms with Crippen LogP contribution >= 0.6 is 0 Å². The van der Waals surface area contributed by atoms with Crippen LogP contribution in [-0.4, -0.2) is 48.1 Å². The minimum atomic E-state index is -0.841. The highest BCUT2D eigenvalue weighted by atomic mass is 16.4. The molecule has 116 valence electrons. The van der Waals surface area contributed by atoms with Crippen molar-refractivity contribution in [2.75, 3.05) is 20.1 Å². The van der Waals surface area contributed by atoms with E-state index in [2.05, 4.69) is 17.3 Å². The quantitative estimate of drug-likeness (QED) is 0.635. The number of hydrogen-bond donors (Lipinski definition) is 2. The summed E-state index contributed by atoms with van der Waals surface area (Å²) >= 11 is 0. The maximum absolute atomic E-state index is 11.5. The number of rotatable bonds is 9. The molecule has 1 fully saturated rings. The third-order valence-corrected chi connectivity index (χ3v) is 4.00. The van der Waals surface area contributed by atoms with Crippen LogP contribution in [0.25, 0.3) is 0 Å². The van der Waals surface area contributed by atoms with E-state index in [0.29, 0.717) is 19.4 Å². The summed E-state index contributed by atoms with van der Waals surface area (Å²) in [5.41, 5.74) is 0. The maximum atomic E-state index is 11.5. The van der Waals surface area contributed by atoms with Gasteiger partial charge in [0, 0.05) is 25.4 Å². The van der Waals surface area contributed by atoms with Crippen LogP contribution in [0.2, 0.25) is 0 Å². The fraction of sp³-hybridized carbons (Fsp3) is 0.867. The lowest BCUT2D eigenvalue weighted by molar-refractivity contribution is -0.137. The first kappa shape index (κ1) is 17.0. The number of aliphatic carboxylic acids is 1. The van der Waals surface area contributed by atoms with Crippen molar-refractivity contribution in [1.82, 2.24) is 10.2 Å². The molecule has 5 heteroatoms. The minimum absolute atomic E-state index is 0.0356. The highest BCUT2D eigenvalue weighted by Crippen LogP contribution is 2.21. The molecular weight excluding hydrogens is 256 g/mol. The van der Waals surface area contributed by atoms with Gasteiger partial charge in [0.25, 0.3) is 0 Å². The van der Waals surface area contributed by atoms with Crippen molar-refractivity contribution in [3.8, 4) is 0 Å². The van der Waals surface area contributed by atoms with E-state index in [4.69, 9.17) is 5.11 Å². The Morgan fingerprint density at radius 2 is 1.85 bits per heavy atom. The van der Waals surface area contributed by atoms with Crippen molar-refractivity contribution in [3.05, 3.63) is 0 Å². The molecule has 2 N–H and O–H groups in total. The number of amides is 1. The van der Waals surface area contributed by atoms with Gasteiger partial charge < -0.3 is 15.3 Å². The first-order valence-corrected chi connectivity index (χ1v) is 7.78. The third-order valence-electron chi connectivity index (χ3n) is 4.00. The average Bonchev–Trinajstić information content (AvgIpc) is 2.44. The molecule has 0 aromatic carbocycles. The van der Waals surface area contributed by atoms with Gasteiger partial charge in [0.05, 0.1) is 0 Å². The van der Waals surface area contributed by atoms with E-state index in [1.54, 1.807) is 0 Å². The summed E-state index contributed by atoms with van der Waals surface area (Å²) in [6, 6.07) is 0.718. The van der Waals surface area contributed by atoms with Crippen LogP contribution in [0.5, 0.6) is 0 Å². The van der Waals surface area contributed by atoms with Gasteiger partial charge in [-0.15, -0.1) is 0 Å². The maximum Gasteiger partial charge on any atom is 0.303 e. The first-order chi connectivity index (χ1) is 9.59. The number of carbonyl (C=O) groups excluding carboxylic acids is 1. The van der Waals surface area contributed by atoms with Crippen molar-refractivity contribution < 1.29 is 14.7 Å². The summed E-state index contributed by atoms with van der Waals surface area (Å²) in [6.07, 6.45) is 8.42. The topological polar surface area (TPSA) is 69.6 Å². The van der Waals surface area contributed by atoms with Crippen LogP contribution in [0.1, 0.15) is 57.8 Å². The fourth-order valence-electron chi connectivity index (χ4n) is 2.75. The molecule has 5 nitrogen and oxygen atoms in total. The van der Waals surface area contributed by atoms with Crippen molar-refractivity contribution >= 4 is 11.9 Å². The number of carboxylic acids is 1. The molecule has 1 saturated carbocycles. The number of nitrogens with zero attached hydrogens (tertiary/aromatic N) is 1. The first-order valence-electron chi connectivity index (χ1n) is 7.78. The molecular formula is C15H28N2O3. The summed E-state index contributed by atoms with van der Waals surface area (Å²) < 4.78 is 0. The highest BCUT2D eigenvalue weighted by molar-refractivity contribution is 5.76. The summed E-state index contributed by atoms with van der Waals surface area (Å²) in [4.78, 5) is 24.2. The Labute approximate surface area is 121 Å². The standard InChI is InChI=1S/C15H28N2O3/c1-17(13-7-3-2-4-8-13)12-6-11-16-14(18)9-5-10-15(19)20/h13H,2-12H2,1H3,(H,16,18)(H,19,20). The predicted octanol–water partition coefficient (Wildman–Crippen LogP) is 2.01. The normalized spacial score (nSPS) is 16.3. The van der Waals surface area contributed by atoms with Crippen molar-refractivity contribution in [2.24, 2.45) is 0 Å². The van der Waals surface area contributed by atoms with Gasteiger partial charge in [-0.2, -0.15) is 0 Å². The summed E-state index contributed by atoms with van der Waals surface area (Å²) in [5, 5.41) is 11.3. The Kier molecular flexibility index (Phi) is 8.26. The van der Waals surface area contributed by atoms with Gasteiger partial charge in [0.1, 0.15) is 0 Å². The molecule has 0 aromatic rings. The molecule has 0 aliphatic heterocycles. The van der Waals surface area contributed by atoms with E-state index in [0.717, 1.165) is 19.0 Å². The van der Waals surface area contributed by atoms with Crippen LogP contribution in [-0.2, 0) is 9.59 Å². The molecule has 1 aliphatic carbocycles. The monoisotopic (exact) mass is 284 g/mol. The van der Waals surface area contributed by atoms with Crippen molar-refractivity contribution in [3.63, 3.8) is 0 Å². The van der Waals surface area contributed by atoms with Gasteiger partial charge in [-0.1, -0.05) is 19.3 Å². The largest absolute Gasteiger partial charge is 0.481 e. The number of carbonyl (C=O) groups is 2. The second-order valence-corrected chi connectivity index (χ2v) is 5.72. The molecule has 1 aliphatic rings. The van der Waals surface area contributed by atoms with Crippen molar-refractivity contribution in [2.45, 2.75) is 63.8 Å². The van der Waals surface area contributed by atoms with E-state index in [9.17, 15) is 9.59 Å². The third kappa shape index (κ3) is 7.48. The zero-order chi connectivity index (χ0) is 14.8. The van der Waals surface area contributed by atoms with E-state index in [1.807, 2.05) is 0 Å². The van der Waals surface area contributed by atoms with Gasteiger partial charge in [-0.25, -0.2) is 0 Å². The Balaban J connectivity index is 2.00. The summed E-state index contributed by atoms with van der Waals surface area (Å²) in [6.45, 7) is 1.70. The molecule has 20 heavy (non-hydrogen) atoms. The second-order valence-electron chi connectivity index (χ2n) is 5.72.